The third-order valence-corrected chi connectivity index (χ3v) is 9.69. The fraction of sp³-hybridized carbons (Fsp3) is 0.520. The van der Waals surface area contributed by atoms with E-state index in [2.05, 4.69) is 24.3 Å². The van der Waals surface area contributed by atoms with Crippen molar-refractivity contribution >= 4 is 8.80 Å². The molecule has 158 valence electrons. The molecule has 0 bridgehead atoms. The van der Waals surface area contributed by atoms with Crippen LogP contribution in [0, 0.1) is 11.7 Å². The SMILES string of the molecule is CCOc1ccc(-c2ccc(CC[SiH]3CCC(CCCOC)CC3)cc2)c(F)c1. The van der Waals surface area contributed by atoms with E-state index in [4.69, 9.17) is 9.47 Å². The molecule has 1 fully saturated rings. The molecule has 0 N–H and O–H groups in total. The van der Waals surface area contributed by atoms with Gasteiger partial charge in [0.1, 0.15) is 11.6 Å². The third-order valence-electron chi connectivity index (χ3n) is 6.28. The Bertz CT molecular complexity index is 739. The summed E-state index contributed by atoms with van der Waals surface area (Å²) in [5, 5.41) is 0. The summed E-state index contributed by atoms with van der Waals surface area (Å²) in [7, 11) is 1.22. The van der Waals surface area contributed by atoms with E-state index in [-0.39, 0.29) is 5.82 Å². The Morgan fingerprint density at radius 3 is 2.48 bits per heavy atom. The van der Waals surface area contributed by atoms with Crippen molar-refractivity contribution in [3.05, 3.63) is 53.8 Å². The first kappa shape index (κ1) is 22.0. The maximum absolute atomic E-state index is 14.4. The molecule has 0 atom stereocenters. The Morgan fingerprint density at radius 2 is 1.83 bits per heavy atom. The lowest BCUT2D eigenvalue weighted by Crippen LogP contribution is -2.22. The number of aryl methyl sites for hydroxylation is 1. The molecule has 0 aliphatic carbocycles. The molecule has 0 amide bonds. The minimum atomic E-state index is -0.573. The van der Waals surface area contributed by atoms with Gasteiger partial charge in [0.2, 0.25) is 0 Å². The zero-order chi connectivity index (χ0) is 20.5. The minimum absolute atomic E-state index is 0.224. The molecular weight excluding hydrogens is 379 g/mol. The number of methoxy groups -OCH3 is 1. The molecule has 29 heavy (non-hydrogen) atoms. The second-order valence-corrected chi connectivity index (χ2v) is 11.8. The molecule has 3 rings (SSSR count). The summed E-state index contributed by atoms with van der Waals surface area (Å²) in [4.78, 5) is 0. The first-order valence-electron chi connectivity index (χ1n) is 11.2. The predicted octanol–water partition coefficient (Wildman–Crippen LogP) is 6.50. The summed E-state index contributed by atoms with van der Waals surface area (Å²) in [6.45, 7) is 3.36. The molecule has 1 aliphatic heterocycles. The van der Waals surface area contributed by atoms with Crippen molar-refractivity contribution < 1.29 is 13.9 Å². The van der Waals surface area contributed by atoms with Gasteiger partial charge in [0, 0.05) is 34.1 Å². The van der Waals surface area contributed by atoms with Crippen molar-refractivity contribution in [1.82, 2.24) is 0 Å². The molecule has 2 nitrogen and oxygen atoms in total. The van der Waals surface area contributed by atoms with Crippen molar-refractivity contribution in [3.63, 3.8) is 0 Å². The molecule has 0 aromatic heterocycles. The van der Waals surface area contributed by atoms with E-state index in [1.807, 2.05) is 19.1 Å². The van der Waals surface area contributed by atoms with Gasteiger partial charge in [0.15, 0.2) is 0 Å². The maximum Gasteiger partial charge on any atom is 0.134 e. The summed E-state index contributed by atoms with van der Waals surface area (Å²) in [6, 6.07) is 18.0. The standard InChI is InChI=1S/C25H35FO2Si/c1-3-28-23-10-11-24(25(26)19-23)22-8-6-21(7-9-22)14-18-29-16-12-20(13-17-29)5-4-15-27-2/h6-11,19-20,29H,3-5,12-18H2,1-2H3. The monoisotopic (exact) mass is 414 g/mol. The van der Waals surface area contributed by atoms with Gasteiger partial charge < -0.3 is 9.47 Å². The van der Waals surface area contributed by atoms with Crippen LogP contribution in [0.2, 0.25) is 18.1 Å². The number of benzene rings is 2. The van der Waals surface area contributed by atoms with E-state index in [0.717, 1.165) is 18.1 Å². The third kappa shape index (κ3) is 6.68. The Labute approximate surface area is 177 Å². The number of halogens is 1. The fourth-order valence-corrected chi connectivity index (χ4v) is 8.03. The molecule has 4 heteroatoms. The van der Waals surface area contributed by atoms with Crippen LogP contribution in [0.3, 0.4) is 0 Å². The van der Waals surface area contributed by atoms with Gasteiger partial charge in [-0.05, 0) is 55.4 Å². The van der Waals surface area contributed by atoms with Crippen LogP contribution in [0.15, 0.2) is 42.5 Å². The van der Waals surface area contributed by atoms with Gasteiger partial charge in [-0.25, -0.2) is 4.39 Å². The van der Waals surface area contributed by atoms with E-state index >= 15 is 0 Å². The quantitative estimate of drug-likeness (QED) is 0.326. The zero-order valence-corrected chi connectivity index (χ0v) is 19.1. The fourth-order valence-electron chi connectivity index (χ4n) is 4.53. The van der Waals surface area contributed by atoms with Crippen molar-refractivity contribution in [2.75, 3.05) is 20.3 Å². The Balaban J connectivity index is 1.47. The highest BCUT2D eigenvalue weighted by Crippen LogP contribution is 2.31. The van der Waals surface area contributed by atoms with Gasteiger partial charge in [-0.15, -0.1) is 0 Å². The van der Waals surface area contributed by atoms with Crippen molar-refractivity contribution in [1.29, 1.82) is 0 Å². The van der Waals surface area contributed by atoms with Crippen LogP contribution >= 0.6 is 0 Å². The number of hydrogen-bond donors (Lipinski definition) is 0. The van der Waals surface area contributed by atoms with E-state index < -0.39 is 8.80 Å². The highest BCUT2D eigenvalue weighted by Gasteiger charge is 2.21. The Kier molecular flexibility index (Phi) is 8.75. The van der Waals surface area contributed by atoms with Crippen LogP contribution in [-0.4, -0.2) is 29.1 Å². The van der Waals surface area contributed by atoms with E-state index in [1.54, 1.807) is 7.11 Å². The van der Waals surface area contributed by atoms with Crippen LogP contribution < -0.4 is 4.74 Å². The summed E-state index contributed by atoms with van der Waals surface area (Å²) >= 11 is 0. The Morgan fingerprint density at radius 1 is 1.07 bits per heavy atom. The summed E-state index contributed by atoms with van der Waals surface area (Å²) in [5.74, 6) is 1.30. The molecule has 1 heterocycles. The molecule has 0 radical (unpaired) electrons. The highest BCUT2D eigenvalue weighted by atomic mass is 28.3. The van der Waals surface area contributed by atoms with Gasteiger partial charge >= 0.3 is 0 Å². The topological polar surface area (TPSA) is 18.5 Å². The lowest BCUT2D eigenvalue weighted by molar-refractivity contribution is 0.185. The van der Waals surface area contributed by atoms with E-state index in [9.17, 15) is 4.39 Å². The van der Waals surface area contributed by atoms with Crippen molar-refractivity contribution in [2.45, 2.75) is 57.2 Å². The zero-order valence-electron chi connectivity index (χ0n) is 18.0. The second-order valence-electron chi connectivity index (χ2n) is 8.33. The first-order valence-corrected chi connectivity index (χ1v) is 13.6. The summed E-state index contributed by atoms with van der Waals surface area (Å²) in [6.07, 6.45) is 6.62. The van der Waals surface area contributed by atoms with Crippen LogP contribution in [0.25, 0.3) is 11.1 Å². The van der Waals surface area contributed by atoms with E-state index in [0.29, 0.717) is 17.9 Å². The number of ether oxygens (including phenoxy) is 2. The van der Waals surface area contributed by atoms with Crippen LogP contribution in [0.1, 0.15) is 38.2 Å². The van der Waals surface area contributed by atoms with Crippen molar-refractivity contribution in [2.24, 2.45) is 5.92 Å². The lowest BCUT2D eigenvalue weighted by Gasteiger charge is -2.27. The lowest BCUT2D eigenvalue weighted by atomic mass is 9.97. The predicted molar refractivity (Wildman–Crippen MR) is 122 cm³/mol. The van der Waals surface area contributed by atoms with Crippen LogP contribution in [0.4, 0.5) is 4.39 Å². The number of rotatable bonds is 10. The van der Waals surface area contributed by atoms with Gasteiger partial charge in [-0.2, -0.15) is 0 Å². The first-order chi connectivity index (χ1) is 14.2. The molecule has 2 aromatic rings. The van der Waals surface area contributed by atoms with Crippen LogP contribution in [-0.2, 0) is 11.2 Å². The molecule has 0 spiro atoms. The normalized spacial score (nSPS) is 19.3. The van der Waals surface area contributed by atoms with Crippen LogP contribution in [0.5, 0.6) is 5.75 Å². The molecule has 0 saturated carbocycles. The maximum atomic E-state index is 14.4. The van der Waals surface area contributed by atoms with Crippen molar-refractivity contribution in [3.8, 4) is 16.9 Å². The smallest absolute Gasteiger partial charge is 0.134 e. The molecule has 0 unspecified atom stereocenters. The summed E-state index contributed by atoms with van der Waals surface area (Å²) in [5.41, 5.74) is 2.96. The minimum Gasteiger partial charge on any atom is -0.494 e. The number of hydrogen-bond acceptors (Lipinski definition) is 2. The largest absolute Gasteiger partial charge is 0.494 e. The molecule has 2 aromatic carbocycles. The average molecular weight is 415 g/mol. The van der Waals surface area contributed by atoms with Gasteiger partial charge in [-0.3, -0.25) is 0 Å². The van der Waals surface area contributed by atoms with E-state index in [1.165, 1.54) is 61.9 Å². The van der Waals surface area contributed by atoms with Gasteiger partial charge in [0.05, 0.1) is 6.61 Å². The van der Waals surface area contributed by atoms with Gasteiger partial charge in [0.25, 0.3) is 0 Å². The van der Waals surface area contributed by atoms with Gasteiger partial charge in [-0.1, -0.05) is 55.2 Å². The second kappa shape index (κ2) is 11.5. The molecule has 1 aliphatic rings. The summed E-state index contributed by atoms with van der Waals surface area (Å²) < 4.78 is 25.0. The molecule has 1 saturated heterocycles. The molecular formula is C25H35FO2Si. The highest BCUT2D eigenvalue weighted by molar-refractivity contribution is 6.59. The Hall–Kier alpha value is -1.65. The average Bonchev–Trinajstić information content (AvgIpc) is 2.74.